The molecule has 0 aliphatic rings. The zero-order valence-corrected chi connectivity index (χ0v) is 49.5. The highest BCUT2D eigenvalue weighted by Crippen LogP contribution is 2.16. The molecule has 0 amide bonds. The Bertz CT molecular complexity index is 1590. The molecular weight excluding hydrogens is 937 g/mol. The second-order valence-corrected chi connectivity index (χ2v) is 20.6. The third kappa shape index (κ3) is 60.7. The number of ether oxygens (including phenoxy) is 3. The summed E-state index contributed by atoms with van der Waals surface area (Å²) in [4.78, 5) is 38.0. The largest absolute Gasteiger partial charge is 0.462 e. The zero-order valence-electron chi connectivity index (χ0n) is 49.5. The highest BCUT2D eigenvalue weighted by atomic mass is 16.6. The van der Waals surface area contributed by atoms with Crippen LogP contribution in [0.1, 0.15) is 284 Å². The van der Waals surface area contributed by atoms with Gasteiger partial charge in [0.2, 0.25) is 0 Å². The predicted octanol–water partition coefficient (Wildman–Crippen LogP) is 21.6. The molecule has 0 aromatic carbocycles. The van der Waals surface area contributed by atoms with Gasteiger partial charge < -0.3 is 14.2 Å². The van der Waals surface area contributed by atoms with E-state index in [0.717, 1.165) is 141 Å². The van der Waals surface area contributed by atoms with Crippen molar-refractivity contribution >= 4 is 17.9 Å². The van der Waals surface area contributed by atoms with Crippen LogP contribution in [-0.2, 0) is 28.6 Å². The predicted molar refractivity (Wildman–Crippen MR) is 330 cm³/mol. The van der Waals surface area contributed by atoms with Gasteiger partial charge in [-0.05, 0) is 109 Å². The van der Waals surface area contributed by atoms with Crippen LogP contribution in [0.25, 0.3) is 0 Å². The lowest BCUT2D eigenvalue weighted by Gasteiger charge is -2.18. The number of esters is 3. The summed E-state index contributed by atoms with van der Waals surface area (Å²) in [5.41, 5.74) is 0. The van der Waals surface area contributed by atoms with Gasteiger partial charge in [-0.1, -0.05) is 277 Å². The smallest absolute Gasteiger partial charge is 0.306 e. The molecule has 0 aromatic heterocycles. The average molecular weight is 1050 g/mol. The lowest BCUT2D eigenvalue weighted by atomic mass is 10.0. The van der Waals surface area contributed by atoms with Crippen LogP contribution in [0.2, 0.25) is 0 Å². The van der Waals surface area contributed by atoms with E-state index in [0.29, 0.717) is 19.3 Å². The molecule has 0 aromatic rings. The molecule has 0 aliphatic heterocycles. The molecule has 0 N–H and O–H groups in total. The first-order valence-electron chi connectivity index (χ1n) is 31.5. The highest BCUT2D eigenvalue weighted by Gasteiger charge is 2.19. The Morgan fingerprint density at radius 3 is 0.803 bits per heavy atom. The van der Waals surface area contributed by atoms with Crippen molar-refractivity contribution in [1.82, 2.24) is 0 Å². The second-order valence-electron chi connectivity index (χ2n) is 20.6. The molecule has 1 atom stereocenters. The van der Waals surface area contributed by atoms with Crippen molar-refractivity contribution < 1.29 is 28.6 Å². The van der Waals surface area contributed by atoms with Crippen LogP contribution in [-0.4, -0.2) is 37.2 Å². The number of carbonyl (C=O) groups excluding carboxylic acids is 3. The summed E-state index contributed by atoms with van der Waals surface area (Å²) in [6.07, 6.45) is 88.0. The molecule has 0 heterocycles. The average Bonchev–Trinajstić information content (AvgIpc) is 3.42. The Morgan fingerprint density at radius 1 is 0.276 bits per heavy atom. The van der Waals surface area contributed by atoms with Gasteiger partial charge in [-0.2, -0.15) is 0 Å². The highest BCUT2D eigenvalue weighted by molar-refractivity contribution is 5.71. The summed E-state index contributed by atoms with van der Waals surface area (Å²) in [7, 11) is 0. The Morgan fingerprint density at radius 2 is 0.513 bits per heavy atom. The molecule has 0 aliphatic carbocycles. The molecule has 0 bridgehead atoms. The van der Waals surface area contributed by atoms with E-state index in [1.807, 2.05) is 0 Å². The van der Waals surface area contributed by atoms with Gasteiger partial charge in [-0.25, -0.2) is 0 Å². The van der Waals surface area contributed by atoms with Crippen molar-refractivity contribution in [3.8, 4) is 0 Å². The van der Waals surface area contributed by atoms with Crippen LogP contribution in [0, 0.1) is 0 Å². The SMILES string of the molecule is CC/C=C\C/C=C\C/C=C\C/C=C\C/C=C\C/C=C\C/C=C\CCCCCCCCCCCCCCCC(=O)OCC(COC(=O)CCCCCCCCCC)OC(=O)CCCCCCC/C=C\C/C=C\C/C=C\CC. The topological polar surface area (TPSA) is 78.9 Å². The maximum Gasteiger partial charge on any atom is 0.306 e. The van der Waals surface area contributed by atoms with Crippen LogP contribution < -0.4 is 0 Å². The molecule has 0 saturated heterocycles. The molecular formula is C70H116O6. The van der Waals surface area contributed by atoms with Gasteiger partial charge in [-0.3, -0.25) is 14.4 Å². The lowest BCUT2D eigenvalue weighted by molar-refractivity contribution is -0.167. The number of allylic oxidation sites excluding steroid dienone is 20. The van der Waals surface area contributed by atoms with E-state index in [4.69, 9.17) is 14.2 Å². The van der Waals surface area contributed by atoms with E-state index in [2.05, 4.69) is 142 Å². The number of unbranched alkanes of at least 4 members (excludes halogenated alkanes) is 25. The summed E-state index contributed by atoms with van der Waals surface area (Å²) in [5.74, 6) is -0.904. The third-order valence-electron chi connectivity index (χ3n) is 13.2. The van der Waals surface area contributed by atoms with Gasteiger partial charge in [0, 0.05) is 19.3 Å². The Labute approximate surface area is 469 Å². The fraction of sp³-hybridized carbons (Fsp3) is 0.671. The quantitative estimate of drug-likeness (QED) is 0.0261. The minimum Gasteiger partial charge on any atom is -0.462 e. The van der Waals surface area contributed by atoms with E-state index in [-0.39, 0.29) is 31.1 Å². The van der Waals surface area contributed by atoms with Crippen molar-refractivity contribution in [2.45, 2.75) is 290 Å². The van der Waals surface area contributed by atoms with Gasteiger partial charge in [-0.15, -0.1) is 0 Å². The van der Waals surface area contributed by atoms with Crippen LogP contribution >= 0.6 is 0 Å². The zero-order chi connectivity index (χ0) is 55.0. The van der Waals surface area contributed by atoms with Crippen molar-refractivity contribution in [2.24, 2.45) is 0 Å². The maximum atomic E-state index is 12.8. The number of hydrogen-bond acceptors (Lipinski definition) is 6. The fourth-order valence-corrected chi connectivity index (χ4v) is 8.56. The van der Waals surface area contributed by atoms with Crippen LogP contribution in [0.15, 0.2) is 122 Å². The minimum atomic E-state index is -0.786. The fourth-order valence-electron chi connectivity index (χ4n) is 8.56. The molecule has 0 saturated carbocycles. The summed E-state index contributed by atoms with van der Waals surface area (Å²) in [6, 6.07) is 0. The van der Waals surface area contributed by atoms with Gasteiger partial charge in [0.1, 0.15) is 13.2 Å². The second kappa shape index (κ2) is 63.3. The van der Waals surface area contributed by atoms with Crippen molar-refractivity contribution in [3.63, 3.8) is 0 Å². The molecule has 432 valence electrons. The van der Waals surface area contributed by atoms with E-state index >= 15 is 0 Å². The number of hydrogen-bond donors (Lipinski definition) is 0. The van der Waals surface area contributed by atoms with Crippen molar-refractivity contribution in [3.05, 3.63) is 122 Å². The van der Waals surface area contributed by atoms with Crippen molar-refractivity contribution in [2.75, 3.05) is 13.2 Å². The normalized spacial score (nSPS) is 12.9. The van der Waals surface area contributed by atoms with Gasteiger partial charge >= 0.3 is 17.9 Å². The molecule has 6 nitrogen and oxygen atoms in total. The summed E-state index contributed by atoms with van der Waals surface area (Å²) in [5, 5.41) is 0. The lowest BCUT2D eigenvalue weighted by Crippen LogP contribution is -2.30. The van der Waals surface area contributed by atoms with Crippen molar-refractivity contribution in [1.29, 1.82) is 0 Å². The van der Waals surface area contributed by atoms with E-state index in [1.54, 1.807) is 0 Å². The van der Waals surface area contributed by atoms with Crippen LogP contribution in [0.3, 0.4) is 0 Å². The summed E-state index contributed by atoms with van der Waals surface area (Å²) >= 11 is 0. The van der Waals surface area contributed by atoms with E-state index in [1.165, 1.54) is 103 Å². The minimum absolute atomic E-state index is 0.0841. The molecule has 1 unspecified atom stereocenters. The van der Waals surface area contributed by atoms with Gasteiger partial charge in [0.25, 0.3) is 0 Å². The van der Waals surface area contributed by atoms with E-state index < -0.39 is 6.10 Å². The Balaban J connectivity index is 4.09. The Kier molecular flexibility index (Phi) is 59.9. The number of carbonyl (C=O) groups is 3. The first kappa shape index (κ1) is 71.8. The third-order valence-corrected chi connectivity index (χ3v) is 13.2. The summed E-state index contributed by atoms with van der Waals surface area (Å²) < 4.78 is 16.8. The van der Waals surface area contributed by atoms with E-state index in [9.17, 15) is 14.4 Å². The first-order valence-corrected chi connectivity index (χ1v) is 31.5. The standard InChI is InChI=1S/C70H116O6/c1-4-7-10-13-16-19-21-23-25-26-27-28-29-30-31-32-33-34-35-36-37-38-39-40-41-42-43-44-46-47-49-51-54-57-60-63-69(72)75-66-67(65-74-68(71)62-59-56-53-18-15-12-9-6-3)76-70(73)64-61-58-55-52-50-48-45-24-22-20-17-14-11-8-5-2/h7-8,10-11,16-17,19-20,23-25,27-28,30-31,33-34,36-37,45,67H,4-6,9,12-15,18,21-22,26,29,32,35,38-44,46-66H2,1-3H3/b10-7-,11-8-,19-16-,20-17-,25-23-,28-27-,31-30-,34-33-,37-36-,45-24-. The molecule has 76 heavy (non-hydrogen) atoms. The molecule has 0 spiro atoms. The summed E-state index contributed by atoms with van der Waals surface area (Å²) in [6.45, 7) is 6.37. The molecule has 0 radical (unpaired) electrons. The molecule has 0 fully saturated rings. The molecule has 6 heteroatoms. The maximum absolute atomic E-state index is 12.8. The van der Waals surface area contributed by atoms with Gasteiger partial charge in [0.15, 0.2) is 6.10 Å². The monoisotopic (exact) mass is 1050 g/mol. The van der Waals surface area contributed by atoms with Crippen LogP contribution in [0.4, 0.5) is 0 Å². The van der Waals surface area contributed by atoms with Crippen LogP contribution in [0.5, 0.6) is 0 Å². The Hall–Kier alpha value is -4.19. The number of rotatable bonds is 56. The molecule has 0 rings (SSSR count). The van der Waals surface area contributed by atoms with Gasteiger partial charge in [0.05, 0.1) is 0 Å². The first-order chi connectivity index (χ1) is 37.5.